The third-order valence-electron chi connectivity index (χ3n) is 6.78. The Labute approximate surface area is 238 Å². The fourth-order valence-electron chi connectivity index (χ4n) is 4.77. The second-order valence-electron chi connectivity index (χ2n) is 9.95. The molecule has 0 amide bonds. The van der Waals surface area contributed by atoms with Gasteiger partial charge in [-0.2, -0.15) is 0 Å². The van der Waals surface area contributed by atoms with Crippen molar-refractivity contribution in [2.75, 3.05) is 6.16 Å². The minimum atomic E-state index is -2.29. The summed E-state index contributed by atoms with van der Waals surface area (Å²) < 4.78 is 11.3. The molecule has 0 N–H and O–H groups in total. The molecule has 3 aromatic carbocycles. The van der Waals surface area contributed by atoms with Crippen LogP contribution >= 0.6 is 7.26 Å². The highest BCUT2D eigenvalue weighted by atomic mass is 31.2. The summed E-state index contributed by atoms with van der Waals surface area (Å²) in [6.07, 6.45) is 7.98. The summed E-state index contributed by atoms with van der Waals surface area (Å²) in [6.45, 7) is 3.75. The van der Waals surface area contributed by atoms with Crippen molar-refractivity contribution in [3.05, 3.63) is 103 Å². The summed E-state index contributed by atoms with van der Waals surface area (Å²) in [7, 11) is -2.29. The van der Waals surface area contributed by atoms with E-state index in [2.05, 4.69) is 36.4 Å². The molecule has 210 valence electrons. The highest BCUT2D eigenvalue weighted by Gasteiger charge is 2.48. The van der Waals surface area contributed by atoms with Gasteiger partial charge in [-0.15, -0.1) is 0 Å². The zero-order valence-corrected chi connectivity index (χ0v) is 24.4. The van der Waals surface area contributed by atoms with Gasteiger partial charge in [0, 0.05) is 12.5 Å². The highest BCUT2D eigenvalue weighted by molar-refractivity contribution is 7.96. The van der Waals surface area contributed by atoms with Crippen molar-refractivity contribution in [3.8, 4) is 0 Å². The summed E-state index contributed by atoms with van der Waals surface area (Å²) >= 11 is 0. The molecule has 6 heteroatoms. The summed E-state index contributed by atoms with van der Waals surface area (Å²) in [5.74, 6) is -0.582. The smallest absolute Gasteiger partial charge is 0.345 e. The van der Waals surface area contributed by atoms with Crippen LogP contribution in [0, 0.1) is 0 Å². The average Bonchev–Trinajstić information content (AvgIpc) is 2.97. The number of rotatable bonds is 16. The number of unbranched alkanes of at least 4 members (excludes halogenated alkanes) is 2. The first-order valence-corrected chi connectivity index (χ1v) is 16.0. The molecule has 0 spiro atoms. The van der Waals surface area contributed by atoms with E-state index in [0.717, 1.165) is 28.6 Å². The first kappa shape index (κ1) is 31.0. The van der Waals surface area contributed by atoms with Crippen molar-refractivity contribution in [1.82, 2.24) is 0 Å². The predicted octanol–water partition coefficient (Wildman–Crippen LogP) is 5.94. The van der Waals surface area contributed by atoms with E-state index in [1.807, 2.05) is 68.4 Å². The van der Waals surface area contributed by atoms with E-state index in [-0.39, 0.29) is 30.3 Å². The number of esters is 2. The SMILES string of the molecule is CC(CCCC=O)OC(=O)/C=C/CCCC(C)OC(=O)C[P+](c1ccccc1)(c1ccccc1)c1ccccc1. The first-order chi connectivity index (χ1) is 19.5. The third-order valence-corrected chi connectivity index (χ3v) is 11.0. The molecule has 0 bridgehead atoms. The van der Waals surface area contributed by atoms with Crippen LogP contribution in [0.25, 0.3) is 0 Å². The van der Waals surface area contributed by atoms with Gasteiger partial charge in [-0.1, -0.05) is 60.7 Å². The van der Waals surface area contributed by atoms with Crippen molar-refractivity contribution < 1.29 is 23.9 Å². The minimum Gasteiger partial charge on any atom is -0.460 e. The van der Waals surface area contributed by atoms with Crippen LogP contribution in [0.5, 0.6) is 0 Å². The number of carbonyl (C=O) groups is 3. The molecule has 5 nitrogen and oxygen atoms in total. The molecule has 0 saturated heterocycles. The quantitative estimate of drug-likeness (QED) is 0.0715. The predicted molar refractivity (Wildman–Crippen MR) is 164 cm³/mol. The van der Waals surface area contributed by atoms with Crippen LogP contribution in [0.2, 0.25) is 0 Å². The van der Waals surface area contributed by atoms with Crippen LogP contribution in [0.15, 0.2) is 103 Å². The molecule has 0 aliphatic carbocycles. The van der Waals surface area contributed by atoms with Crippen molar-refractivity contribution in [2.45, 2.75) is 64.6 Å². The molecule has 0 aliphatic rings. The van der Waals surface area contributed by atoms with Crippen LogP contribution in [0.1, 0.15) is 52.4 Å². The number of benzene rings is 3. The summed E-state index contributed by atoms with van der Waals surface area (Å²) in [5, 5.41) is 3.44. The van der Waals surface area contributed by atoms with E-state index in [4.69, 9.17) is 9.47 Å². The van der Waals surface area contributed by atoms with Crippen LogP contribution in [0.3, 0.4) is 0 Å². The Kier molecular flexibility index (Phi) is 12.8. The Morgan fingerprint density at radius 3 is 1.62 bits per heavy atom. The van der Waals surface area contributed by atoms with Crippen LogP contribution in [-0.4, -0.2) is 36.6 Å². The zero-order valence-electron chi connectivity index (χ0n) is 23.5. The number of carbonyl (C=O) groups excluding carboxylic acids is 3. The van der Waals surface area contributed by atoms with Gasteiger partial charge >= 0.3 is 11.9 Å². The first-order valence-electron chi connectivity index (χ1n) is 14.0. The number of hydrogen-bond acceptors (Lipinski definition) is 5. The Morgan fingerprint density at radius 2 is 1.15 bits per heavy atom. The Morgan fingerprint density at radius 1 is 0.700 bits per heavy atom. The van der Waals surface area contributed by atoms with Gasteiger partial charge < -0.3 is 14.3 Å². The molecule has 2 atom stereocenters. The molecule has 0 radical (unpaired) electrons. The maximum atomic E-state index is 13.5. The van der Waals surface area contributed by atoms with Gasteiger partial charge in [0.25, 0.3) is 0 Å². The lowest BCUT2D eigenvalue weighted by molar-refractivity contribution is -0.145. The molecule has 0 heterocycles. The molecular formula is C34H40O5P+. The van der Waals surface area contributed by atoms with Gasteiger partial charge in [-0.05, 0) is 82.3 Å². The Bertz CT molecular complexity index is 1110. The van der Waals surface area contributed by atoms with Crippen LogP contribution in [-0.2, 0) is 23.9 Å². The van der Waals surface area contributed by atoms with Gasteiger partial charge in [-0.3, -0.25) is 0 Å². The number of allylic oxidation sites excluding steroid dienone is 1. The van der Waals surface area contributed by atoms with E-state index >= 15 is 0 Å². The maximum absolute atomic E-state index is 13.5. The Balaban J connectivity index is 1.61. The molecule has 3 aromatic rings. The second kappa shape index (κ2) is 16.5. The molecule has 0 aliphatic heterocycles. The standard InChI is InChI=1S/C34H40O5P/c1-28(18-15-16-26-35)38-33(36)25-14-3-7-17-29(2)39-34(37)27-40(30-19-8-4-9-20-30,31-21-10-5-11-22-31)32-23-12-6-13-24-32/h4-6,8-14,19-26,28-29H,3,7,15-18,27H2,1-2H3/q+1/b25-14+. The molecule has 0 aromatic heterocycles. The van der Waals surface area contributed by atoms with Gasteiger partial charge in [0.15, 0.2) is 6.16 Å². The number of aldehydes is 1. The molecule has 3 rings (SSSR count). The van der Waals surface area contributed by atoms with Gasteiger partial charge in [0.05, 0.1) is 12.2 Å². The van der Waals surface area contributed by atoms with Crippen molar-refractivity contribution in [3.63, 3.8) is 0 Å². The Hall–Kier alpha value is -3.56. The minimum absolute atomic E-state index is 0.208. The lowest BCUT2D eigenvalue weighted by atomic mass is 10.1. The lowest BCUT2D eigenvalue weighted by Crippen LogP contribution is -2.36. The lowest BCUT2D eigenvalue weighted by Gasteiger charge is -2.27. The largest absolute Gasteiger partial charge is 0.460 e. The fourth-order valence-corrected chi connectivity index (χ4v) is 8.72. The molecule has 2 unspecified atom stereocenters. The van der Waals surface area contributed by atoms with Gasteiger partial charge in [0.1, 0.15) is 29.5 Å². The fraction of sp³-hybridized carbons (Fsp3) is 0.324. The van der Waals surface area contributed by atoms with Crippen LogP contribution in [0.4, 0.5) is 0 Å². The van der Waals surface area contributed by atoms with Crippen LogP contribution < -0.4 is 15.9 Å². The summed E-state index contributed by atoms with van der Waals surface area (Å²) in [5.41, 5.74) is 0. The monoisotopic (exact) mass is 559 g/mol. The van der Waals surface area contributed by atoms with Crippen molar-refractivity contribution >= 4 is 41.4 Å². The maximum Gasteiger partial charge on any atom is 0.345 e. The molecule has 0 fully saturated rings. The normalized spacial score (nSPS) is 12.9. The zero-order chi connectivity index (χ0) is 28.6. The van der Waals surface area contributed by atoms with E-state index in [0.29, 0.717) is 32.1 Å². The number of ether oxygens (including phenoxy) is 2. The highest BCUT2D eigenvalue weighted by Crippen LogP contribution is 2.55. The molecule has 0 saturated carbocycles. The molecular weight excluding hydrogens is 519 g/mol. The van der Waals surface area contributed by atoms with E-state index < -0.39 is 7.26 Å². The van der Waals surface area contributed by atoms with Gasteiger partial charge in [0.2, 0.25) is 0 Å². The summed E-state index contributed by atoms with van der Waals surface area (Å²) in [6, 6.07) is 30.9. The van der Waals surface area contributed by atoms with Gasteiger partial charge in [-0.25, -0.2) is 9.59 Å². The van der Waals surface area contributed by atoms with E-state index in [1.165, 1.54) is 6.08 Å². The topological polar surface area (TPSA) is 69.7 Å². The number of hydrogen-bond donors (Lipinski definition) is 0. The van der Waals surface area contributed by atoms with E-state index in [9.17, 15) is 14.4 Å². The van der Waals surface area contributed by atoms with Crippen molar-refractivity contribution in [1.29, 1.82) is 0 Å². The van der Waals surface area contributed by atoms with Crippen molar-refractivity contribution in [2.24, 2.45) is 0 Å². The van der Waals surface area contributed by atoms with E-state index in [1.54, 1.807) is 6.08 Å². The molecule has 40 heavy (non-hydrogen) atoms. The average molecular weight is 560 g/mol. The summed E-state index contributed by atoms with van der Waals surface area (Å²) in [4.78, 5) is 35.9. The second-order valence-corrected chi connectivity index (χ2v) is 13.4. The third kappa shape index (κ3) is 9.27.